The number of hydrogen-bond donors (Lipinski definition) is 1. The molecule has 140 valence electrons. The van der Waals surface area contributed by atoms with Gasteiger partial charge in [0.25, 0.3) is 0 Å². The number of hydrogen-bond acceptors (Lipinski definition) is 4. The van der Waals surface area contributed by atoms with Crippen molar-refractivity contribution in [1.29, 1.82) is 0 Å². The van der Waals surface area contributed by atoms with E-state index >= 15 is 0 Å². The zero-order chi connectivity index (χ0) is 17.7. The molecule has 2 saturated heterocycles. The van der Waals surface area contributed by atoms with E-state index in [1.807, 2.05) is 12.1 Å². The van der Waals surface area contributed by atoms with Crippen molar-refractivity contribution in [2.75, 3.05) is 51.4 Å². The number of benzene rings is 1. The van der Waals surface area contributed by atoms with Gasteiger partial charge in [-0.05, 0) is 62.9 Å². The lowest BCUT2D eigenvalue weighted by molar-refractivity contribution is -0.0118. The van der Waals surface area contributed by atoms with E-state index in [0.29, 0.717) is 6.04 Å². The maximum absolute atomic E-state index is 13.1. The van der Waals surface area contributed by atoms with Crippen LogP contribution in [0.4, 0.5) is 10.1 Å². The van der Waals surface area contributed by atoms with Gasteiger partial charge in [0.1, 0.15) is 5.82 Å². The van der Waals surface area contributed by atoms with E-state index in [9.17, 15) is 9.50 Å². The number of aliphatic hydroxyl groups is 1. The second kappa shape index (κ2) is 8.47. The van der Waals surface area contributed by atoms with Gasteiger partial charge in [-0.1, -0.05) is 0 Å². The van der Waals surface area contributed by atoms with Crippen molar-refractivity contribution in [2.24, 2.45) is 5.41 Å². The predicted molar refractivity (Wildman–Crippen MR) is 98.5 cm³/mol. The Kier molecular flexibility index (Phi) is 6.31. The Balaban J connectivity index is 1.56. The number of halogens is 1. The van der Waals surface area contributed by atoms with E-state index in [1.54, 1.807) is 7.11 Å². The van der Waals surface area contributed by atoms with Crippen LogP contribution < -0.4 is 4.90 Å². The van der Waals surface area contributed by atoms with Gasteiger partial charge in [0, 0.05) is 50.5 Å². The quantitative estimate of drug-likeness (QED) is 0.856. The molecule has 0 saturated carbocycles. The Labute approximate surface area is 150 Å². The molecule has 1 aromatic rings. The second-order valence-corrected chi connectivity index (χ2v) is 7.67. The molecule has 0 aromatic heterocycles. The average Bonchev–Trinajstić information content (AvgIpc) is 2.67. The van der Waals surface area contributed by atoms with Gasteiger partial charge >= 0.3 is 0 Å². The molecule has 4 nitrogen and oxygen atoms in total. The van der Waals surface area contributed by atoms with Crippen LogP contribution in [0, 0.1) is 11.2 Å². The van der Waals surface area contributed by atoms with Crippen LogP contribution in [0.15, 0.2) is 24.3 Å². The summed E-state index contributed by atoms with van der Waals surface area (Å²) in [5.74, 6) is -0.177. The van der Waals surface area contributed by atoms with Crippen LogP contribution in [0.3, 0.4) is 0 Å². The molecule has 3 rings (SSSR count). The fourth-order valence-corrected chi connectivity index (χ4v) is 4.43. The summed E-state index contributed by atoms with van der Waals surface area (Å²) < 4.78 is 18.4. The number of aliphatic hydroxyl groups excluding tert-OH is 1. The Morgan fingerprint density at radius 1 is 1.20 bits per heavy atom. The third-order valence-corrected chi connectivity index (χ3v) is 6.04. The van der Waals surface area contributed by atoms with E-state index in [2.05, 4.69) is 9.80 Å². The Morgan fingerprint density at radius 2 is 1.92 bits per heavy atom. The highest BCUT2D eigenvalue weighted by molar-refractivity contribution is 5.46. The molecular weight excluding hydrogens is 319 g/mol. The van der Waals surface area contributed by atoms with Crippen LogP contribution in [0.25, 0.3) is 0 Å². The minimum atomic E-state index is -0.177. The second-order valence-electron chi connectivity index (χ2n) is 7.67. The van der Waals surface area contributed by atoms with Gasteiger partial charge in [-0.2, -0.15) is 0 Å². The first kappa shape index (κ1) is 18.6. The fourth-order valence-electron chi connectivity index (χ4n) is 4.43. The highest BCUT2D eigenvalue weighted by Crippen LogP contribution is 2.35. The number of piperidine rings is 2. The van der Waals surface area contributed by atoms with Gasteiger partial charge in [-0.3, -0.25) is 4.90 Å². The predicted octanol–water partition coefficient (Wildman–Crippen LogP) is 2.91. The fraction of sp³-hybridized carbons (Fsp3) is 0.700. The van der Waals surface area contributed by atoms with E-state index in [1.165, 1.54) is 12.1 Å². The summed E-state index contributed by atoms with van der Waals surface area (Å²) in [5.41, 5.74) is 1.12. The molecule has 0 amide bonds. The van der Waals surface area contributed by atoms with Crippen LogP contribution in [-0.4, -0.2) is 62.6 Å². The number of ether oxygens (including phenoxy) is 1. The Bertz CT molecular complexity index is 531. The molecule has 0 bridgehead atoms. The molecule has 0 aliphatic carbocycles. The number of likely N-dealkylation sites (tertiary alicyclic amines) is 1. The Morgan fingerprint density at radius 3 is 2.56 bits per heavy atom. The zero-order valence-corrected chi connectivity index (χ0v) is 15.3. The molecule has 25 heavy (non-hydrogen) atoms. The van der Waals surface area contributed by atoms with E-state index in [0.717, 1.165) is 70.6 Å². The summed E-state index contributed by atoms with van der Waals surface area (Å²) in [4.78, 5) is 4.95. The highest BCUT2D eigenvalue weighted by atomic mass is 19.1. The van der Waals surface area contributed by atoms with Gasteiger partial charge in [0.05, 0.1) is 6.61 Å². The van der Waals surface area contributed by atoms with Crippen molar-refractivity contribution >= 4 is 5.69 Å². The molecule has 1 aromatic carbocycles. The minimum Gasteiger partial charge on any atom is -0.396 e. The molecule has 1 N–H and O–H groups in total. The van der Waals surface area contributed by atoms with Crippen LogP contribution in [0.1, 0.15) is 32.1 Å². The summed E-state index contributed by atoms with van der Waals surface area (Å²) >= 11 is 0. The van der Waals surface area contributed by atoms with Crippen molar-refractivity contribution in [3.63, 3.8) is 0 Å². The van der Waals surface area contributed by atoms with Crippen LogP contribution in [0.5, 0.6) is 0 Å². The van der Waals surface area contributed by atoms with E-state index in [-0.39, 0.29) is 17.8 Å². The van der Waals surface area contributed by atoms with Gasteiger partial charge in [-0.25, -0.2) is 4.39 Å². The van der Waals surface area contributed by atoms with Crippen LogP contribution in [-0.2, 0) is 4.74 Å². The van der Waals surface area contributed by atoms with Gasteiger partial charge < -0.3 is 14.7 Å². The van der Waals surface area contributed by atoms with Gasteiger partial charge in [-0.15, -0.1) is 0 Å². The molecule has 1 atom stereocenters. The molecule has 0 unspecified atom stereocenters. The standard InChI is InChI=1S/C20H31FN2O2/c1-25-14-10-20(16-24)9-2-11-23(15-20)19-7-12-22(13-8-19)18-5-3-17(21)4-6-18/h3-6,19,24H,2,7-16H2,1H3/t20-/m1/s1. The van der Waals surface area contributed by atoms with Crippen molar-refractivity contribution < 1.29 is 14.2 Å². The minimum absolute atomic E-state index is 0.00233. The van der Waals surface area contributed by atoms with Crippen molar-refractivity contribution in [2.45, 2.75) is 38.1 Å². The number of nitrogens with zero attached hydrogens (tertiary/aromatic N) is 2. The molecule has 2 aliphatic rings. The first-order valence-corrected chi connectivity index (χ1v) is 9.50. The van der Waals surface area contributed by atoms with Crippen molar-refractivity contribution in [3.8, 4) is 0 Å². The number of anilines is 1. The third-order valence-electron chi connectivity index (χ3n) is 6.04. The molecule has 2 fully saturated rings. The summed E-state index contributed by atoms with van der Waals surface area (Å²) in [6, 6.07) is 7.41. The lowest BCUT2D eigenvalue weighted by atomic mass is 9.77. The third kappa shape index (κ3) is 4.52. The summed E-state index contributed by atoms with van der Waals surface area (Å²) in [5, 5.41) is 9.98. The van der Waals surface area contributed by atoms with Crippen molar-refractivity contribution in [3.05, 3.63) is 30.1 Å². The molecular formula is C20H31FN2O2. The topological polar surface area (TPSA) is 35.9 Å². The number of rotatable bonds is 6. The normalized spacial score (nSPS) is 26.1. The SMILES string of the molecule is COCC[C@]1(CO)CCCN(C2CCN(c3ccc(F)cc3)CC2)C1. The summed E-state index contributed by atoms with van der Waals surface area (Å²) in [6.07, 6.45) is 5.44. The average molecular weight is 350 g/mol. The van der Waals surface area contributed by atoms with E-state index < -0.39 is 0 Å². The molecule has 0 spiro atoms. The Hall–Kier alpha value is -1.17. The largest absolute Gasteiger partial charge is 0.396 e. The molecule has 0 radical (unpaired) electrons. The zero-order valence-electron chi connectivity index (χ0n) is 15.3. The van der Waals surface area contributed by atoms with Crippen LogP contribution in [0.2, 0.25) is 0 Å². The maximum Gasteiger partial charge on any atom is 0.123 e. The molecule has 5 heteroatoms. The number of methoxy groups -OCH3 is 1. The summed E-state index contributed by atoms with van der Waals surface area (Å²) in [6.45, 7) is 5.11. The van der Waals surface area contributed by atoms with Gasteiger partial charge in [0.15, 0.2) is 0 Å². The lowest BCUT2D eigenvalue weighted by Gasteiger charge is -2.47. The first-order chi connectivity index (χ1) is 12.2. The molecule has 2 heterocycles. The summed E-state index contributed by atoms with van der Waals surface area (Å²) in [7, 11) is 1.73. The monoisotopic (exact) mass is 350 g/mol. The van der Waals surface area contributed by atoms with Gasteiger partial charge in [0.2, 0.25) is 0 Å². The van der Waals surface area contributed by atoms with Crippen LogP contribution >= 0.6 is 0 Å². The first-order valence-electron chi connectivity index (χ1n) is 9.50. The smallest absolute Gasteiger partial charge is 0.123 e. The van der Waals surface area contributed by atoms with Crippen molar-refractivity contribution in [1.82, 2.24) is 4.90 Å². The molecule has 2 aliphatic heterocycles. The highest BCUT2D eigenvalue weighted by Gasteiger charge is 2.37. The van der Waals surface area contributed by atoms with E-state index in [4.69, 9.17) is 4.74 Å². The maximum atomic E-state index is 13.1. The lowest BCUT2D eigenvalue weighted by Crippen LogP contribution is -2.53.